The zero-order chi connectivity index (χ0) is 12.9. The summed E-state index contributed by atoms with van der Waals surface area (Å²) in [7, 11) is -4.19. The van der Waals surface area contributed by atoms with Gasteiger partial charge in [0.1, 0.15) is 10.4 Å². The highest BCUT2D eigenvalue weighted by Crippen LogP contribution is 2.49. The Labute approximate surface area is 95.5 Å². The maximum absolute atomic E-state index is 12.6. The van der Waals surface area contributed by atoms with E-state index in [-0.39, 0.29) is 23.4 Å². The van der Waals surface area contributed by atoms with Crippen molar-refractivity contribution in [3.8, 4) is 0 Å². The van der Waals surface area contributed by atoms with E-state index in [1.807, 2.05) is 0 Å². The summed E-state index contributed by atoms with van der Waals surface area (Å²) >= 11 is 0. The number of hydrogen-bond donors (Lipinski definition) is 2. The molecule has 0 spiro atoms. The molecule has 1 aliphatic rings. The van der Waals surface area contributed by atoms with Crippen LogP contribution in [0.3, 0.4) is 0 Å². The van der Waals surface area contributed by atoms with E-state index in [2.05, 4.69) is 10.2 Å². The average Bonchev–Trinajstić information content (AvgIpc) is 2.79. The molecule has 1 heterocycles. The summed E-state index contributed by atoms with van der Waals surface area (Å²) in [6.07, 6.45) is -4.04. The second-order valence-corrected chi connectivity index (χ2v) is 5.70. The number of alkyl halides is 3. The van der Waals surface area contributed by atoms with Crippen molar-refractivity contribution in [1.29, 1.82) is 0 Å². The predicted octanol–water partition coefficient (Wildman–Crippen LogP) is 1.09. The number of aromatic amines is 1. The smallest absolute Gasteiger partial charge is 0.281 e. The van der Waals surface area contributed by atoms with Gasteiger partial charge in [-0.25, -0.2) is 8.42 Å². The monoisotopic (exact) mass is 269 g/mol. The van der Waals surface area contributed by atoms with Gasteiger partial charge in [-0.1, -0.05) is 0 Å². The van der Waals surface area contributed by atoms with E-state index in [1.54, 1.807) is 4.72 Å². The zero-order valence-electron chi connectivity index (χ0n) is 8.80. The fourth-order valence-electron chi connectivity index (χ4n) is 1.49. The van der Waals surface area contributed by atoms with Gasteiger partial charge in [0, 0.05) is 0 Å². The molecule has 0 atom stereocenters. The van der Waals surface area contributed by atoms with Crippen molar-refractivity contribution in [1.82, 2.24) is 14.9 Å². The maximum atomic E-state index is 12.6. The van der Waals surface area contributed by atoms with Crippen LogP contribution in [0.15, 0.2) is 11.1 Å². The minimum Gasteiger partial charge on any atom is -0.281 e. The fraction of sp³-hybridized carbons (Fsp3) is 0.625. The van der Waals surface area contributed by atoms with Gasteiger partial charge in [-0.05, 0) is 19.8 Å². The molecule has 0 bridgehead atoms. The quantitative estimate of drug-likeness (QED) is 0.862. The van der Waals surface area contributed by atoms with Crippen LogP contribution in [-0.4, -0.2) is 30.3 Å². The molecule has 2 N–H and O–H groups in total. The van der Waals surface area contributed by atoms with Crippen molar-refractivity contribution in [3.63, 3.8) is 0 Å². The lowest BCUT2D eigenvalue weighted by atomic mass is 10.3. The van der Waals surface area contributed by atoms with Gasteiger partial charge in [0.25, 0.3) is 0 Å². The van der Waals surface area contributed by atoms with Gasteiger partial charge in [0.05, 0.1) is 11.9 Å². The van der Waals surface area contributed by atoms with Crippen molar-refractivity contribution in [2.24, 2.45) is 0 Å². The molecule has 1 saturated carbocycles. The molecule has 2 rings (SSSR count). The van der Waals surface area contributed by atoms with Crippen LogP contribution in [0.4, 0.5) is 13.2 Å². The third kappa shape index (κ3) is 2.04. The first-order valence-electron chi connectivity index (χ1n) is 4.79. The van der Waals surface area contributed by atoms with Crippen LogP contribution < -0.4 is 4.72 Å². The van der Waals surface area contributed by atoms with Gasteiger partial charge in [0.15, 0.2) is 0 Å². The Morgan fingerprint density at radius 3 is 2.41 bits per heavy atom. The highest BCUT2D eigenvalue weighted by molar-refractivity contribution is 7.89. The minimum atomic E-state index is -4.57. The third-order valence-electron chi connectivity index (χ3n) is 2.70. The third-order valence-corrected chi connectivity index (χ3v) is 4.35. The molecule has 9 heteroatoms. The molecule has 0 aliphatic heterocycles. The molecule has 1 fully saturated rings. The van der Waals surface area contributed by atoms with E-state index in [1.165, 1.54) is 6.92 Å². The molecule has 0 radical (unpaired) electrons. The Hall–Kier alpha value is -1.09. The normalized spacial score (nSPS) is 19.3. The molecule has 96 valence electrons. The molecule has 5 nitrogen and oxygen atoms in total. The highest BCUT2D eigenvalue weighted by atomic mass is 32.2. The maximum Gasteiger partial charge on any atom is 0.407 e. The molecule has 1 aromatic heterocycles. The van der Waals surface area contributed by atoms with Crippen LogP contribution in [-0.2, 0) is 10.0 Å². The molecule has 0 saturated heterocycles. The topological polar surface area (TPSA) is 74.8 Å². The first-order chi connectivity index (χ1) is 7.68. The number of aryl methyl sites for hydroxylation is 1. The molecular weight excluding hydrogens is 259 g/mol. The zero-order valence-corrected chi connectivity index (χ0v) is 9.61. The van der Waals surface area contributed by atoms with E-state index in [0.29, 0.717) is 0 Å². The highest BCUT2D eigenvalue weighted by Gasteiger charge is 2.65. The lowest BCUT2D eigenvalue weighted by Gasteiger charge is -2.20. The minimum absolute atomic E-state index is 0.204. The standard InChI is InChI=1S/C8H10F3N3O2S/c1-5-6(4-12-13-5)17(15,16)14-7(2-3-7)8(9,10)11/h4,14H,2-3H2,1H3,(H,12,13). The van der Waals surface area contributed by atoms with E-state index in [4.69, 9.17) is 0 Å². The summed E-state index contributed by atoms with van der Waals surface area (Å²) < 4.78 is 63.1. The molecule has 0 aromatic carbocycles. The van der Waals surface area contributed by atoms with Gasteiger partial charge < -0.3 is 0 Å². The summed E-state index contributed by atoms with van der Waals surface area (Å²) in [6, 6.07) is 0. The van der Waals surface area contributed by atoms with E-state index in [0.717, 1.165) is 6.20 Å². The molecule has 0 amide bonds. The van der Waals surface area contributed by atoms with Gasteiger partial charge in [0.2, 0.25) is 10.0 Å². The Kier molecular flexibility index (Phi) is 2.51. The average molecular weight is 269 g/mol. The lowest BCUT2D eigenvalue weighted by molar-refractivity contribution is -0.160. The second kappa shape index (κ2) is 3.45. The predicted molar refractivity (Wildman–Crippen MR) is 51.7 cm³/mol. The molecule has 1 aliphatic carbocycles. The van der Waals surface area contributed by atoms with Crippen molar-refractivity contribution in [3.05, 3.63) is 11.9 Å². The van der Waals surface area contributed by atoms with Gasteiger partial charge >= 0.3 is 6.18 Å². The first-order valence-corrected chi connectivity index (χ1v) is 6.27. The second-order valence-electron chi connectivity index (χ2n) is 4.04. The Balaban J connectivity index is 2.29. The van der Waals surface area contributed by atoms with Crippen molar-refractivity contribution in [2.75, 3.05) is 0 Å². The van der Waals surface area contributed by atoms with Crippen LogP contribution in [0, 0.1) is 6.92 Å². The number of rotatable bonds is 3. The largest absolute Gasteiger partial charge is 0.407 e. The summed E-state index contributed by atoms with van der Waals surface area (Å²) in [5.41, 5.74) is -2.09. The van der Waals surface area contributed by atoms with Crippen LogP contribution >= 0.6 is 0 Å². The van der Waals surface area contributed by atoms with Gasteiger partial charge in [-0.2, -0.15) is 23.0 Å². The Morgan fingerprint density at radius 1 is 1.47 bits per heavy atom. The summed E-state index contributed by atoms with van der Waals surface area (Å²) in [6.45, 7) is 1.43. The van der Waals surface area contributed by atoms with Crippen LogP contribution in [0.25, 0.3) is 0 Å². The number of nitrogens with zero attached hydrogens (tertiary/aromatic N) is 1. The first kappa shape index (κ1) is 12.4. The van der Waals surface area contributed by atoms with Crippen LogP contribution in [0.2, 0.25) is 0 Å². The van der Waals surface area contributed by atoms with Crippen LogP contribution in [0.1, 0.15) is 18.5 Å². The fourth-order valence-corrected chi connectivity index (χ4v) is 3.08. The summed E-state index contributed by atoms with van der Waals surface area (Å²) in [5.74, 6) is 0. The SMILES string of the molecule is Cc1[nH]ncc1S(=O)(=O)NC1(C(F)(F)F)CC1. The van der Waals surface area contributed by atoms with Crippen molar-refractivity contribution >= 4 is 10.0 Å². The molecule has 1 aromatic rings. The Morgan fingerprint density at radius 2 is 2.06 bits per heavy atom. The van der Waals surface area contributed by atoms with Crippen molar-refractivity contribution < 1.29 is 21.6 Å². The number of aromatic nitrogens is 2. The lowest BCUT2D eigenvalue weighted by Crippen LogP contribution is -2.47. The number of nitrogens with one attached hydrogen (secondary N) is 2. The van der Waals surface area contributed by atoms with E-state index in [9.17, 15) is 21.6 Å². The number of hydrogen-bond acceptors (Lipinski definition) is 3. The summed E-state index contributed by atoms with van der Waals surface area (Å²) in [5, 5.41) is 5.84. The van der Waals surface area contributed by atoms with Crippen LogP contribution in [0.5, 0.6) is 0 Å². The number of sulfonamides is 1. The molecular formula is C8H10F3N3O2S. The molecule has 17 heavy (non-hydrogen) atoms. The van der Waals surface area contributed by atoms with E-state index < -0.39 is 21.7 Å². The van der Waals surface area contributed by atoms with Gasteiger partial charge in [-0.3, -0.25) is 5.10 Å². The Bertz CT molecular complexity index is 530. The number of halogens is 3. The summed E-state index contributed by atoms with van der Waals surface area (Å²) in [4.78, 5) is -0.256. The van der Waals surface area contributed by atoms with E-state index >= 15 is 0 Å². The molecule has 0 unspecified atom stereocenters. The number of H-pyrrole nitrogens is 1. The van der Waals surface area contributed by atoms with Crippen molar-refractivity contribution in [2.45, 2.75) is 36.4 Å². The van der Waals surface area contributed by atoms with Gasteiger partial charge in [-0.15, -0.1) is 0 Å².